The van der Waals surface area contributed by atoms with Crippen molar-refractivity contribution in [3.63, 3.8) is 0 Å². The van der Waals surface area contributed by atoms with Crippen LogP contribution in [0.25, 0.3) is 0 Å². The van der Waals surface area contributed by atoms with Crippen molar-refractivity contribution in [3.05, 3.63) is 29.6 Å². The third kappa shape index (κ3) is 3.67. The van der Waals surface area contributed by atoms with Gasteiger partial charge in [0.2, 0.25) is 0 Å². The molecule has 0 fully saturated rings. The SMILES string of the molecule is COC(=O)C(C)(C)NC(C)c1ccc(OC)cc1F. The van der Waals surface area contributed by atoms with Gasteiger partial charge in [-0.3, -0.25) is 10.1 Å². The van der Waals surface area contributed by atoms with Crippen LogP contribution in [0.1, 0.15) is 32.4 Å². The van der Waals surface area contributed by atoms with E-state index in [-0.39, 0.29) is 11.9 Å². The van der Waals surface area contributed by atoms with Gasteiger partial charge in [0, 0.05) is 17.7 Å². The fourth-order valence-electron chi connectivity index (χ4n) is 1.92. The Hall–Kier alpha value is -1.62. The maximum atomic E-state index is 13.9. The highest BCUT2D eigenvalue weighted by Crippen LogP contribution is 2.23. The van der Waals surface area contributed by atoms with Crippen LogP contribution in [0.15, 0.2) is 18.2 Å². The van der Waals surface area contributed by atoms with Crippen LogP contribution in [0.3, 0.4) is 0 Å². The molecule has 1 rings (SSSR count). The maximum Gasteiger partial charge on any atom is 0.325 e. The lowest BCUT2D eigenvalue weighted by Gasteiger charge is -2.28. The van der Waals surface area contributed by atoms with E-state index in [1.807, 2.05) is 0 Å². The van der Waals surface area contributed by atoms with Crippen LogP contribution in [0.5, 0.6) is 5.75 Å². The van der Waals surface area contributed by atoms with Crippen LogP contribution in [-0.2, 0) is 9.53 Å². The molecule has 0 spiro atoms. The molecule has 1 atom stereocenters. The average molecular weight is 269 g/mol. The minimum atomic E-state index is -0.888. The van der Waals surface area contributed by atoms with Gasteiger partial charge in [0.1, 0.15) is 17.1 Å². The zero-order chi connectivity index (χ0) is 14.6. The number of esters is 1. The predicted molar refractivity (Wildman–Crippen MR) is 70.6 cm³/mol. The fraction of sp³-hybridized carbons (Fsp3) is 0.500. The normalized spacial score (nSPS) is 12.9. The van der Waals surface area contributed by atoms with Gasteiger partial charge in [-0.2, -0.15) is 0 Å². The molecule has 0 aliphatic heterocycles. The largest absolute Gasteiger partial charge is 0.497 e. The molecule has 0 aliphatic carbocycles. The highest BCUT2D eigenvalue weighted by Gasteiger charge is 2.30. The quantitative estimate of drug-likeness (QED) is 0.834. The molecule has 4 nitrogen and oxygen atoms in total. The Morgan fingerprint density at radius 1 is 1.37 bits per heavy atom. The Morgan fingerprint density at radius 2 is 2.00 bits per heavy atom. The van der Waals surface area contributed by atoms with Gasteiger partial charge in [0.05, 0.1) is 14.2 Å². The molecule has 0 aliphatic rings. The lowest BCUT2D eigenvalue weighted by molar-refractivity contribution is -0.147. The van der Waals surface area contributed by atoms with Crippen molar-refractivity contribution in [2.24, 2.45) is 0 Å². The van der Waals surface area contributed by atoms with Crippen LogP contribution >= 0.6 is 0 Å². The first-order chi connectivity index (χ1) is 8.81. The topological polar surface area (TPSA) is 47.6 Å². The van der Waals surface area contributed by atoms with Crippen molar-refractivity contribution >= 4 is 5.97 Å². The number of halogens is 1. The highest BCUT2D eigenvalue weighted by atomic mass is 19.1. The summed E-state index contributed by atoms with van der Waals surface area (Å²) in [6.07, 6.45) is 0. The number of ether oxygens (including phenoxy) is 2. The van der Waals surface area contributed by atoms with Crippen LogP contribution in [-0.4, -0.2) is 25.7 Å². The van der Waals surface area contributed by atoms with Crippen LogP contribution in [0.2, 0.25) is 0 Å². The molecule has 1 unspecified atom stereocenters. The minimum absolute atomic E-state index is 0.333. The maximum absolute atomic E-state index is 13.9. The van der Waals surface area contributed by atoms with E-state index >= 15 is 0 Å². The Kier molecular flexibility index (Phi) is 4.89. The molecule has 5 heteroatoms. The Morgan fingerprint density at radius 3 is 2.47 bits per heavy atom. The molecule has 0 saturated heterocycles. The van der Waals surface area contributed by atoms with E-state index < -0.39 is 11.5 Å². The number of nitrogens with one attached hydrogen (secondary N) is 1. The molecular formula is C14H20FNO3. The molecule has 19 heavy (non-hydrogen) atoms. The molecule has 1 aromatic carbocycles. The second kappa shape index (κ2) is 6.02. The molecule has 1 aromatic rings. The molecule has 0 bridgehead atoms. The first-order valence-electron chi connectivity index (χ1n) is 6.01. The summed E-state index contributed by atoms with van der Waals surface area (Å²) in [5.41, 5.74) is -0.418. The molecule has 0 saturated carbocycles. The number of hydrogen-bond acceptors (Lipinski definition) is 4. The van der Waals surface area contributed by atoms with Gasteiger partial charge >= 0.3 is 5.97 Å². The summed E-state index contributed by atoms with van der Waals surface area (Å²) in [6, 6.07) is 4.31. The van der Waals surface area contributed by atoms with Gasteiger partial charge in [-0.1, -0.05) is 6.07 Å². The smallest absolute Gasteiger partial charge is 0.325 e. The van der Waals surface area contributed by atoms with Crippen molar-refractivity contribution in [3.8, 4) is 5.75 Å². The predicted octanol–water partition coefficient (Wildman–Crippen LogP) is 2.44. The number of carbonyl (C=O) groups is 1. The van der Waals surface area contributed by atoms with E-state index in [0.717, 1.165) is 0 Å². The average Bonchev–Trinajstić information content (AvgIpc) is 2.36. The van der Waals surface area contributed by atoms with Crippen molar-refractivity contribution < 1.29 is 18.7 Å². The Labute approximate surface area is 112 Å². The molecule has 0 heterocycles. The van der Waals surface area contributed by atoms with Gasteiger partial charge in [0.25, 0.3) is 0 Å². The van der Waals surface area contributed by atoms with Gasteiger partial charge in [-0.05, 0) is 26.8 Å². The standard InChI is InChI=1S/C14H20FNO3/c1-9(16-14(2,3)13(17)19-5)11-7-6-10(18-4)8-12(11)15/h6-9,16H,1-5H3. The second-order valence-electron chi connectivity index (χ2n) is 4.87. The van der Waals surface area contributed by atoms with Crippen molar-refractivity contribution in [2.45, 2.75) is 32.4 Å². The minimum Gasteiger partial charge on any atom is -0.497 e. The molecule has 0 amide bonds. The van der Waals surface area contributed by atoms with Crippen molar-refractivity contribution in [2.75, 3.05) is 14.2 Å². The van der Waals surface area contributed by atoms with Crippen molar-refractivity contribution in [1.82, 2.24) is 5.32 Å². The van der Waals surface area contributed by atoms with E-state index in [4.69, 9.17) is 9.47 Å². The van der Waals surface area contributed by atoms with E-state index in [1.165, 1.54) is 20.3 Å². The first-order valence-corrected chi connectivity index (χ1v) is 6.01. The summed E-state index contributed by atoms with van der Waals surface area (Å²) in [5.74, 6) is -0.311. The van der Waals surface area contributed by atoms with E-state index in [1.54, 1.807) is 32.9 Å². The number of rotatable bonds is 5. The summed E-state index contributed by atoms with van der Waals surface area (Å²) >= 11 is 0. The molecule has 1 N–H and O–H groups in total. The molecule has 106 valence electrons. The van der Waals surface area contributed by atoms with Crippen molar-refractivity contribution in [1.29, 1.82) is 0 Å². The zero-order valence-corrected chi connectivity index (χ0v) is 11.9. The zero-order valence-electron chi connectivity index (χ0n) is 11.9. The fourth-order valence-corrected chi connectivity index (χ4v) is 1.92. The van der Waals surface area contributed by atoms with Crippen LogP contribution in [0, 0.1) is 5.82 Å². The summed E-state index contributed by atoms with van der Waals surface area (Å²) in [7, 11) is 2.81. The monoisotopic (exact) mass is 269 g/mol. The Balaban J connectivity index is 2.89. The third-order valence-corrected chi connectivity index (χ3v) is 2.95. The van der Waals surface area contributed by atoms with E-state index in [0.29, 0.717) is 11.3 Å². The van der Waals surface area contributed by atoms with E-state index in [2.05, 4.69) is 5.32 Å². The first kappa shape index (κ1) is 15.4. The number of hydrogen-bond donors (Lipinski definition) is 1. The number of carbonyl (C=O) groups excluding carboxylic acids is 1. The summed E-state index contributed by atoms with van der Waals surface area (Å²) < 4.78 is 23.6. The number of methoxy groups -OCH3 is 2. The van der Waals surface area contributed by atoms with Crippen LogP contribution in [0.4, 0.5) is 4.39 Å². The summed E-state index contributed by atoms with van der Waals surface area (Å²) in [6.45, 7) is 5.17. The molecule has 0 radical (unpaired) electrons. The van der Waals surface area contributed by atoms with Crippen LogP contribution < -0.4 is 10.1 Å². The van der Waals surface area contributed by atoms with Gasteiger partial charge in [-0.15, -0.1) is 0 Å². The lowest BCUT2D eigenvalue weighted by Crippen LogP contribution is -2.48. The number of benzene rings is 1. The van der Waals surface area contributed by atoms with Gasteiger partial charge in [0.15, 0.2) is 0 Å². The molecular weight excluding hydrogens is 249 g/mol. The summed E-state index contributed by atoms with van der Waals surface area (Å²) in [4.78, 5) is 11.6. The summed E-state index contributed by atoms with van der Waals surface area (Å²) in [5, 5.41) is 3.05. The van der Waals surface area contributed by atoms with Gasteiger partial charge in [-0.25, -0.2) is 4.39 Å². The second-order valence-corrected chi connectivity index (χ2v) is 4.87. The lowest BCUT2D eigenvalue weighted by atomic mass is 10.0. The third-order valence-electron chi connectivity index (χ3n) is 2.95. The van der Waals surface area contributed by atoms with Gasteiger partial charge < -0.3 is 9.47 Å². The Bertz CT molecular complexity index is 460. The van der Waals surface area contributed by atoms with E-state index in [9.17, 15) is 9.18 Å². The molecule has 0 aromatic heterocycles. The highest BCUT2D eigenvalue weighted by molar-refractivity contribution is 5.79.